The molecule has 0 unspecified atom stereocenters. The molecule has 1 saturated carbocycles. The van der Waals surface area contributed by atoms with Crippen LogP contribution in [-0.4, -0.2) is 15.1 Å². The van der Waals surface area contributed by atoms with Crippen molar-refractivity contribution in [3.8, 4) is 10.8 Å². The fourth-order valence-electron chi connectivity index (χ4n) is 2.57. The van der Waals surface area contributed by atoms with E-state index in [0.717, 1.165) is 35.6 Å². The second-order valence-corrected chi connectivity index (χ2v) is 6.83. The van der Waals surface area contributed by atoms with Crippen LogP contribution in [0, 0.1) is 0 Å². The lowest BCUT2D eigenvalue weighted by atomic mass is 9.77. The summed E-state index contributed by atoms with van der Waals surface area (Å²) in [5.74, 6) is 1.13. The quantitative estimate of drug-likeness (QED) is 0.801. The van der Waals surface area contributed by atoms with Gasteiger partial charge in [0.1, 0.15) is 4.88 Å². The third-order valence-electron chi connectivity index (χ3n) is 4.08. The highest BCUT2D eigenvalue weighted by Gasteiger charge is 2.39. The highest BCUT2D eigenvalue weighted by Crippen LogP contribution is 2.38. The van der Waals surface area contributed by atoms with Crippen molar-refractivity contribution in [2.24, 2.45) is 5.73 Å². The zero-order chi connectivity index (χ0) is 15.0. The lowest BCUT2D eigenvalue weighted by molar-refractivity contribution is 0.229. The number of hydrogen-bond acceptors (Lipinski definition) is 6. The van der Waals surface area contributed by atoms with Crippen LogP contribution in [0.15, 0.2) is 41.1 Å². The average molecular weight is 312 g/mol. The van der Waals surface area contributed by atoms with Crippen molar-refractivity contribution in [2.45, 2.75) is 31.2 Å². The van der Waals surface area contributed by atoms with Crippen LogP contribution >= 0.6 is 11.3 Å². The minimum Gasteiger partial charge on any atom is -0.333 e. The van der Waals surface area contributed by atoms with E-state index in [4.69, 9.17) is 10.3 Å². The second-order valence-electron chi connectivity index (χ2n) is 5.71. The summed E-state index contributed by atoms with van der Waals surface area (Å²) in [7, 11) is 0. The monoisotopic (exact) mass is 312 g/mol. The molecule has 4 rings (SSSR count). The molecule has 0 radical (unpaired) electrons. The van der Waals surface area contributed by atoms with Crippen LogP contribution in [0.2, 0.25) is 0 Å². The Bertz CT molecular complexity index is 776. The van der Waals surface area contributed by atoms with Crippen molar-refractivity contribution >= 4 is 11.3 Å². The third-order valence-corrected chi connectivity index (χ3v) is 5.06. The van der Waals surface area contributed by atoms with Gasteiger partial charge < -0.3 is 10.3 Å². The lowest BCUT2D eigenvalue weighted by Crippen LogP contribution is -2.44. The summed E-state index contributed by atoms with van der Waals surface area (Å²) in [5.41, 5.74) is 7.08. The summed E-state index contributed by atoms with van der Waals surface area (Å²) in [5, 5.41) is 5.08. The fourth-order valence-corrected chi connectivity index (χ4v) is 3.44. The predicted octanol–water partition coefficient (Wildman–Crippen LogP) is 3.12. The van der Waals surface area contributed by atoms with Crippen molar-refractivity contribution in [3.05, 3.63) is 52.9 Å². The Kier molecular flexibility index (Phi) is 3.28. The van der Waals surface area contributed by atoms with Crippen LogP contribution in [0.25, 0.3) is 10.8 Å². The molecular formula is C16H16N4OS. The highest BCUT2D eigenvalue weighted by molar-refractivity contribution is 7.15. The Hall–Kier alpha value is -2.05. The van der Waals surface area contributed by atoms with Crippen molar-refractivity contribution < 1.29 is 4.52 Å². The summed E-state index contributed by atoms with van der Waals surface area (Å²) >= 11 is 1.58. The number of nitrogens with zero attached hydrogens (tertiary/aromatic N) is 3. The molecule has 6 heteroatoms. The van der Waals surface area contributed by atoms with Crippen LogP contribution in [0.5, 0.6) is 0 Å². The maximum Gasteiger partial charge on any atom is 0.269 e. The van der Waals surface area contributed by atoms with Gasteiger partial charge in [0, 0.05) is 6.42 Å². The van der Waals surface area contributed by atoms with Gasteiger partial charge in [-0.05, 0) is 24.8 Å². The molecule has 2 heterocycles. The Morgan fingerprint density at radius 3 is 2.77 bits per heavy atom. The summed E-state index contributed by atoms with van der Waals surface area (Å²) in [6, 6.07) is 10.3. The van der Waals surface area contributed by atoms with E-state index in [-0.39, 0.29) is 5.54 Å². The second kappa shape index (κ2) is 5.30. The molecule has 0 amide bonds. The van der Waals surface area contributed by atoms with Crippen LogP contribution in [-0.2, 0) is 12.0 Å². The van der Waals surface area contributed by atoms with Crippen molar-refractivity contribution in [1.29, 1.82) is 0 Å². The molecule has 0 atom stereocenters. The van der Waals surface area contributed by atoms with E-state index in [2.05, 4.69) is 27.3 Å². The first-order chi connectivity index (χ1) is 10.7. The maximum absolute atomic E-state index is 6.23. The molecule has 22 heavy (non-hydrogen) atoms. The Morgan fingerprint density at radius 2 is 2.05 bits per heavy atom. The van der Waals surface area contributed by atoms with Gasteiger partial charge >= 0.3 is 0 Å². The number of rotatable bonds is 4. The van der Waals surface area contributed by atoms with Crippen molar-refractivity contribution in [2.75, 3.05) is 0 Å². The number of hydrogen-bond donors (Lipinski definition) is 1. The molecule has 5 nitrogen and oxygen atoms in total. The Balaban J connectivity index is 1.54. The van der Waals surface area contributed by atoms with Gasteiger partial charge in [0.15, 0.2) is 5.82 Å². The largest absolute Gasteiger partial charge is 0.333 e. The van der Waals surface area contributed by atoms with Crippen LogP contribution in [0.1, 0.15) is 35.7 Å². The standard InChI is InChI=1S/C16H16N4OS/c17-16(7-4-8-16)15-19-14(21-20-15)12-10-18-13(22-12)9-11-5-2-1-3-6-11/h1-3,5-6,10H,4,7-9,17H2. The van der Waals surface area contributed by atoms with E-state index in [1.54, 1.807) is 17.5 Å². The van der Waals surface area contributed by atoms with E-state index in [0.29, 0.717) is 11.7 Å². The Morgan fingerprint density at radius 1 is 1.23 bits per heavy atom. The molecule has 2 N–H and O–H groups in total. The summed E-state index contributed by atoms with van der Waals surface area (Å²) in [6.45, 7) is 0. The molecule has 2 aromatic heterocycles. The molecule has 1 aliphatic carbocycles. The number of thiazole rings is 1. The first-order valence-electron chi connectivity index (χ1n) is 7.35. The number of benzene rings is 1. The number of nitrogens with two attached hydrogens (primary N) is 1. The van der Waals surface area contributed by atoms with Gasteiger partial charge in [0.2, 0.25) is 0 Å². The normalized spacial score (nSPS) is 16.4. The van der Waals surface area contributed by atoms with Gasteiger partial charge in [0.05, 0.1) is 16.7 Å². The summed E-state index contributed by atoms with van der Waals surface area (Å²) < 4.78 is 5.37. The van der Waals surface area contributed by atoms with Crippen molar-refractivity contribution in [1.82, 2.24) is 15.1 Å². The zero-order valence-electron chi connectivity index (χ0n) is 12.0. The smallest absolute Gasteiger partial charge is 0.269 e. The van der Waals surface area contributed by atoms with Crippen molar-refractivity contribution in [3.63, 3.8) is 0 Å². The van der Waals surface area contributed by atoms with E-state index in [1.807, 2.05) is 18.2 Å². The highest BCUT2D eigenvalue weighted by atomic mass is 32.1. The third kappa shape index (κ3) is 2.44. The molecule has 112 valence electrons. The molecule has 0 aliphatic heterocycles. The molecule has 0 saturated heterocycles. The SMILES string of the molecule is NC1(c2noc(-c3cnc(Cc4ccccc4)s3)n2)CCC1. The minimum atomic E-state index is -0.390. The average Bonchev–Trinajstić information content (AvgIpc) is 3.15. The fraction of sp³-hybridized carbons (Fsp3) is 0.312. The molecule has 3 aromatic rings. The van der Waals surface area contributed by atoms with Gasteiger partial charge in [-0.2, -0.15) is 4.98 Å². The number of aromatic nitrogens is 3. The van der Waals surface area contributed by atoms with E-state index < -0.39 is 0 Å². The predicted molar refractivity (Wildman–Crippen MR) is 84.4 cm³/mol. The van der Waals surface area contributed by atoms with Gasteiger partial charge in [-0.15, -0.1) is 11.3 Å². The molecular weight excluding hydrogens is 296 g/mol. The van der Waals surface area contributed by atoms with Crippen LogP contribution in [0.3, 0.4) is 0 Å². The molecule has 1 fully saturated rings. The van der Waals surface area contributed by atoms with Gasteiger partial charge in [-0.1, -0.05) is 35.5 Å². The molecule has 1 aromatic carbocycles. The summed E-state index contributed by atoms with van der Waals surface area (Å²) in [6.07, 6.45) is 5.58. The first kappa shape index (κ1) is 13.6. The van der Waals surface area contributed by atoms with Gasteiger partial charge in [0.25, 0.3) is 5.89 Å². The van der Waals surface area contributed by atoms with Gasteiger partial charge in [-0.3, -0.25) is 0 Å². The van der Waals surface area contributed by atoms with E-state index >= 15 is 0 Å². The Labute approximate surface area is 132 Å². The molecule has 0 spiro atoms. The minimum absolute atomic E-state index is 0.390. The molecule has 1 aliphatic rings. The first-order valence-corrected chi connectivity index (χ1v) is 8.17. The van der Waals surface area contributed by atoms with Crippen LogP contribution < -0.4 is 5.73 Å². The zero-order valence-corrected chi connectivity index (χ0v) is 12.8. The lowest BCUT2D eigenvalue weighted by Gasteiger charge is -2.34. The maximum atomic E-state index is 6.23. The van der Waals surface area contributed by atoms with Gasteiger partial charge in [-0.25, -0.2) is 4.98 Å². The topological polar surface area (TPSA) is 77.8 Å². The van der Waals surface area contributed by atoms with Crippen LogP contribution in [0.4, 0.5) is 0 Å². The summed E-state index contributed by atoms with van der Waals surface area (Å²) in [4.78, 5) is 9.81. The van der Waals surface area contributed by atoms with E-state index in [1.165, 1.54) is 5.56 Å². The van der Waals surface area contributed by atoms with E-state index in [9.17, 15) is 0 Å². The molecule has 0 bridgehead atoms.